The van der Waals surface area contributed by atoms with Gasteiger partial charge in [0.1, 0.15) is 17.0 Å². The molecule has 0 unspecified atom stereocenters. The van der Waals surface area contributed by atoms with E-state index in [-0.39, 0.29) is 5.69 Å². The van der Waals surface area contributed by atoms with Crippen molar-refractivity contribution in [2.24, 2.45) is 0 Å². The van der Waals surface area contributed by atoms with Gasteiger partial charge in [-0.15, -0.1) is 16.4 Å². The van der Waals surface area contributed by atoms with E-state index < -0.39 is 0 Å². The lowest BCUT2D eigenvalue weighted by Crippen LogP contribution is -2.22. The number of hydrogen-bond acceptors (Lipinski definition) is 6. The Kier molecular flexibility index (Phi) is 4.12. The lowest BCUT2D eigenvalue weighted by atomic mass is 9.97. The molecule has 1 aliphatic rings. The number of nitrogens with one attached hydrogen (secondary N) is 1. The Morgan fingerprint density at radius 1 is 1.19 bits per heavy atom. The first-order valence-electron chi connectivity index (χ1n) is 9.34. The predicted octanol–water partition coefficient (Wildman–Crippen LogP) is 2.88. The van der Waals surface area contributed by atoms with Gasteiger partial charge in [0.25, 0.3) is 0 Å². The highest BCUT2D eigenvalue weighted by Gasteiger charge is 2.19. The summed E-state index contributed by atoms with van der Waals surface area (Å²) in [6.45, 7) is 1.31. The maximum atomic E-state index is 12.3. The summed E-state index contributed by atoms with van der Waals surface area (Å²) in [4.78, 5) is 23.8. The molecule has 0 radical (unpaired) electrons. The van der Waals surface area contributed by atoms with Crippen molar-refractivity contribution in [2.75, 3.05) is 11.9 Å². The Morgan fingerprint density at radius 3 is 3.04 bits per heavy atom. The Hall–Kier alpha value is -2.74. The van der Waals surface area contributed by atoms with Gasteiger partial charge in [-0.2, -0.15) is 0 Å². The number of pyridine rings is 1. The Morgan fingerprint density at radius 2 is 2.11 bits per heavy atom. The second-order valence-electron chi connectivity index (χ2n) is 6.83. The molecule has 5 rings (SSSR count). The third-order valence-electron chi connectivity index (χ3n) is 5.08. The zero-order valence-corrected chi connectivity index (χ0v) is 15.7. The van der Waals surface area contributed by atoms with E-state index in [1.54, 1.807) is 28.3 Å². The molecule has 0 fully saturated rings. The van der Waals surface area contributed by atoms with Crippen molar-refractivity contribution >= 4 is 33.0 Å². The van der Waals surface area contributed by atoms with Crippen molar-refractivity contribution < 1.29 is 0 Å². The molecule has 0 saturated heterocycles. The molecule has 27 heavy (non-hydrogen) atoms. The zero-order valence-electron chi connectivity index (χ0n) is 14.9. The van der Waals surface area contributed by atoms with Crippen molar-refractivity contribution in [1.82, 2.24) is 24.1 Å². The van der Waals surface area contributed by atoms with Gasteiger partial charge in [0.2, 0.25) is 0 Å². The van der Waals surface area contributed by atoms with Crippen molar-refractivity contribution in [3.8, 4) is 0 Å². The van der Waals surface area contributed by atoms with Gasteiger partial charge < -0.3 is 5.32 Å². The summed E-state index contributed by atoms with van der Waals surface area (Å²) in [5, 5.41) is 9.02. The summed E-state index contributed by atoms with van der Waals surface area (Å²) in [5.74, 6) is 0.918. The van der Waals surface area contributed by atoms with E-state index in [1.165, 1.54) is 33.4 Å². The molecular weight excluding hydrogens is 360 g/mol. The van der Waals surface area contributed by atoms with Crippen LogP contribution in [0.2, 0.25) is 0 Å². The Bertz CT molecular complexity index is 1170. The number of nitrogens with zero attached hydrogens (tertiary/aromatic N) is 5. The van der Waals surface area contributed by atoms with E-state index in [0.29, 0.717) is 12.2 Å². The molecule has 0 aliphatic heterocycles. The smallest absolute Gasteiger partial charge is 0.350 e. The van der Waals surface area contributed by atoms with E-state index in [1.807, 2.05) is 18.2 Å². The van der Waals surface area contributed by atoms with Crippen LogP contribution < -0.4 is 11.0 Å². The minimum absolute atomic E-state index is 0.0954. The van der Waals surface area contributed by atoms with Gasteiger partial charge in [0.05, 0.1) is 5.39 Å². The lowest BCUT2D eigenvalue weighted by Gasteiger charge is -2.12. The summed E-state index contributed by atoms with van der Waals surface area (Å²) in [7, 11) is 0. The molecular formula is C19H20N6OS. The maximum Gasteiger partial charge on any atom is 0.350 e. The number of aryl methyl sites for hydroxylation is 3. The third-order valence-corrected chi connectivity index (χ3v) is 6.28. The van der Waals surface area contributed by atoms with E-state index in [2.05, 4.69) is 20.4 Å². The van der Waals surface area contributed by atoms with Gasteiger partial charge in [0.15, 0.2) is 5.65 Å². The topological polar surface area (TPSA) is 77.1 Å². The van der Waals surface area contributed by atoms with Crippen LogP contribution in [0.4, 0.5) is 5.82 Å². The average Bonchev–Trinajstić information content (AvgIpc) is 3.24. The van der Waals surface area contributed by atoms with E-state index in [0.717, 1.165) is 36.5 Å². The van der Waals surface area contributed by atoms with Crippen LogP contribution in [0.25, 0.3) is 15.9 Å². The van der Waals surface area contributed by atoms with E-state index in [4.69, 9.17) is 0 Å². The minimum atomic E-state index is -0.0954. The molecule has 0 amide bonds. The number of rotatable bonds is 5. The molecule has 138 valence electrons. The summed E-state index contributed by atoms with van der Waals surface area (Å²) < 4.78 is 3.10. The number of hydrogen-bond donors (Lipinski definition) is 1. The standard InChI is InChI=1S/C19H20N6OS/c26-19-24-10-4-3-8-15(24)23-25(19)11-5-9-20-17-16-13-6-1-2-7-14(13)27-18(16)22-12-21-17/h3-4,8,10,12H,1-2,5-7,9,11H2,(H,20,21,22). The van der Waals surface area contributed by atoms with E-state index in [9.17, 15) is 4.79 Å². The van der Waals surface area contributed by atoms with Crippen molar-refractivity contribution in [1.29, 1.82) is 0 Å². The van der Waals surface area contributed by atoms with E-state index >= 15 is 0 Å². The highest BCUT2D eigenvalue weighted by Crippen LogP contribution is 2.37. The van der Waals surface area contributed by atoms with Crippen LogP contribution in [-0.2, 0) is 19.4 Å². The molecule has 0 atom stereocenters. The second-order valence-corrected chi connectivity index (χ2v) is 7.91. The van der Waals surface area contributed by atoms with Crippen LogP contribution in [0.15, 0.2) is 35.5 Å². The molecule has 1 N–H and O–H groups in total. The number of thiophene rings is 1. The fourth-order valence-corrected chi connectivity index (χ4v) is 5.00. The maximum absolute atomic E-state index is 12.3. The monoisotopic (exact) mass is 380 g/mol. The van der Waals surface area contributed by atoms with Gasteiger partial charge in [-0.25, -0.2) is 19.4 Å². The largest absolute Gasteiger partial charge is 0.369 e. The molecule has 0 spiro atoms. The molecule has 7 nitrogen and oxygen atoms in total. The Labute approximate surface area is 159 Å². The van der Waals surface area contributed by atoms with Crippen molar-refractivity contribution in [3.63, 3.8) is 0 Å². The van der Waals surface area contributed by atoms with Crippen molar-refractivity contribution in [2.45, 2.75) is 38.6 Å². The van der Waals surface area contributed by atoms with Crippen molar-refractivity contribution in [3.05, 3.63) is 51.6 Å². The van der Waals surface area contributed by atoms with Crippen LogP contribution in [0, 0.1) is 0 Å². The van der Waals surface area contributed by atoms with Gasteiger partial charge in [-0.1, -0.05) is 6.07 Å². The van der Waals surface area contributed by atoms with Crippen LogP contribution in [-0.4, -0.2) is 30.7 Å². The normalized spacial score (nSPS) is 13.9. The average molecular weight is 380 g/mol. The molecule has 8 heteroatoms. The molecule has 4 aromatic heterocycles. The first-order valence-corrected chi connectivity index (χ1v) is 10.2. The quantitative estimate of drug-likeness (QED) is 0.539. The SMILES string of the molecule is O=c1n(CCCNc2ncnc3sc4c(c23)CCCC4)nc2ccccn12. The zero-order chi connectivity index (χ0) is 18.2. The lowest BCUT2D eigenvalue weighted by molar-refractivity contribution is 0.572. The van der Waals surface area contributed by atoms with Crippen LogP contribution in [0.1, 0.15) is 29.7 Å². The Balaban J connectivity index is 1.31. The number of fused-ring (bicyclic) bond motifs is 4. The van der Waals surface area contributed by atoms with Gasteiger partial charge in [-0.3, -0.25) is 4.40 Å². The van der Waals surface area contributed by atoms with Gasteiger partial charge in [0, 0.05) is 24.2 Å². The molecule has 0 saturated carbocycles. The highest BCUT2D eigenvalue weighted by molar-refractivity contribution is 7.19. The number of anilines is 1. The van der Waals surface area contributed by atoms with Crippen LogP contribution >= 0.6 is 11.3 Å². The molecule has 0 bridgehead atoms. The first-order chi connectivity index (χ1) is 13.3. The number of aromatic nitrogens is 5. The highest BCUT2D eigenvalue weighted by atomic mass is 32.1. The van der Waals surface area contributed by atoms with Crippen LogP contribution in [0.5, 0.6) is 0 Å². The molecule has 4 heterocycles. The van der Waals surface area contributed by atoms with Gasteiger partial charge >= 0.3 is 5.69 Å². The first kappa shape index (κ1) is 16.4. The fourth-order valence-electron chi connectivity index (χ4n) is 3.77. The summed E-state index contributed by atoms with van der Waals surface area (Å²) in [6, 6.07) is 5.56. The molecule has 4 aromatic rings. The minimum Gasteiger partial charge on any atom is -0.369 e. The third kappa shape index (κ3) is 2.90. The van der Waals surface area contributed by atoms with Gasteiger partial charge in [-0.05, 0) is 49.8 Å². The molecule has 1 aliphatic carbocycles. The second kappa shape index (κ2) is 6.77. The fraction of sp³-hybridized carbons (Fsp3) is 0.368. The summed E-state index contributed by atoms with van der Waals surface area (Å²) in [6.07, 6.45) is 8.96. The predicted molar refractivity (Wildman–Crippen MR) is 107 cm³/mol. The summed E-state index contributed by atoms with van der Waals surface area (Å²) in [5.41, 5.74) is 2.01. The van der Waals surface area contributed by atoms with Crippen LogP contribution in [0.3, 0.4) is 0 Å². The molecule has 0 aromatic carbocycles. The summed E-state index contributed by atoms with van der Waals surface area (Å²) >= 11 is 1.81.